The minimum Gasteiger partial charge on any atom is -0.356 e. The lowest BCUT2D eigenvalue weighted by Gasteiger charge is -2.33. The van der Waals surface area contributed by atoms with Crippen LogP contribution in [0.5, 0.6) is 0 Å². The van der Waals surface area contributed by atoms with Crippen LogP contribution in [0.1, 0.15) is 18.5 Å². The van der Waals surface area contributed by atoms with Gasteiger partial charge < -0.3 is 9.88 Å². The summed E-state index contributed by atoms with van der Waals surface area (Å²) in [5.41, 5.74) is 2.38. The third-order valence-electron chi connectivity index (χ3n) is 5.27. The van der Waals surface area contributed by atoms with E-state index in [2.05, 4.69) is 36.0 Å². The number of rotatable bonds is 3. The quantitative estimate of drug-likeness (QED) is 0.590. The third kappa shape index (κ3) is 2.75. The maximum absolute atomic E-state index is 12.3. The van der Waals surface area contributed by atoms with E-state index in [1.54, 1.807) is 15.3 Å². The van der Waals surface area contributed by atoms with Crippen molar-refractivity contribution in [3.63, 3.8) is 0 Å². The molecule has 0 aliphatic carbocycles. The van der Waals surface area contributed by atoms with Gasteiger partial charge in [0.1, 0.15) is 12.1 Å². The Morgan fingerprint density at radius 3 is 2.96 bits per heavy atom. The van der Waals surface area contributed by atoms with Crippen molar-refractivity contribution in [1.29, 1.82) is 0 Å². The van der Waals surface area contributed by atoms with Crippen LogP contribution in [-0.2, 0) is 6.54 Å². The Kier molecular flexibility index (Phi) is 3.66. The highest BCUT2D eigenvalue weighted by molar-refractivity contribution is 5.69. The number of aryl methyl sites for hydroxylation is 1. The fourth-order valence-electron chi connectivity index (χ4n) is 3.90. The zero-order valence-electron chi connectivity index (χ0n) is 15.0. The van der Waals surface area contributed by atoms with E-state index in [4.69, 9.17) is 0 Å². The Morgan fingerprint density at radius 1 is 1.26 bits per heavy atom. The van der Waals surface area contributed by atoms with Crippen LogP contribution < -0.4 is 10.6 Å². The summed E-state index contributed by atoms with van der Waals surface area (Å²) in [6, 6.07) is 5.77. The topological polar surface area (TPSA) is 97.0 Å². The lowest BCUT2D eigenvalue weighted by atomic mass is 9.96. The molecule has 1 aliphatic heterocycles. The van der Waals surface area contributed by atoms with Gasteiger partial charge in [-0.3, -0.25) is 4.57 Å². The molecule has 4 aromatic rings. The van der Waals surface area contributed by atoms with Crippen molar-refractivity contribution in [3.05, 3.63) is 46.9 Å². The van der Waals surface area contributed by atoms with E-state index >= 15 is 0 Å². The highest BCUT2D eigenvalue weighted by atomic mass is 16.1. The lowest BCUT2D eigenvalue weighted by molar-refractivity contribution is 0.354. The summed E-state index contributed by atoms with van der Waals surface area (Å²) in [6.07, 6.45) is 5.27. The monoisotopic (exact) mass is 364 g/mol. The molecule has 1 saturated heterocycles. The molecule has 9 nitrogen and oxygen atoms in total. The molecule has 1 aliphatic rings. The molecule has 0 radical (unpaired) electrons. The first-order chi connectivity index (χ1) is 13.2. The van der Waals surface area contributed by atoms with Gasteiger partial charge in [0.2, 0.25) is 0 Å². The number of anilines is 1. The summed E-state index contributed by atoms with van der Waals surface area (Å²) < 4.78 is 3.56. The Bertz CT molecular complexity index is 1170. The van der Waals surface area contributed by atoms with Gasteiger partial charge >= 0.3 is 5.69 Å². The normalized spacial score (nSPS) is 15.8. The fourth-order valence-corrected chi connectivity index (χ4v) is 3.90. The molecule has 5 heterocycles. The van der Waals surface area contributed by atoms with Gasteiger partial charge in [-0.25, -0.2) is 14.8 Å². The van der Waals surface area contributed by atoms with Crippen LogP contribution >= 0.6 is 0 Å². The molecule has 1 N–H and O–H groups in total. The number of fused-ring (bicyclic) bond motifs is 2. The molecule has 0 saturated carbocycles. The lowest BCUT2D eigenvalue weighted by Crippen LogP contribution is -2.37. The molecule has 138 valence electrons. The number of nitrogens with zero attached hydrogens (tertiary/aromatic N) is 7. The molecular weight excluding hydrogens is 344 g/mol. The van der Waals surface area contributed by atoms with Crippen molar-refractivity contribution in [2.75, 3.05) is 18.0 Å². The van der Waals surface area contributed by atoms with Crippen molar-refractivity contribution < 1.29 is 0 Å². The first kappa shape index (κ1) is 16.0. The second-order valence-electron chi connectivity index (χ2n) is 7.07. The summed E-state index contributed by atoms with van der Waals surface area (Å²) in [6.45, 7) is 4.49. The van der Waals surface area contributed by atoms with Gasteiger partial charge in [0.05, 0.1) is 5.52 Å². The molecule has 0 amide bonds. The maximum Gasteiger partial charge on any atom is 0.327 e. The van der Waals surface area contributed by atoms with Gasteiger partial charge in [0.15, 0.2) is 5.65 Å². The minimum atomic E-state index is -0.0831. The average molecular weight is 364 g/mol. The van der Waals surface area contributed by atoms with E-state index in [1.165, 1.54) is 6.33 Å². The number of imidazole rings is 1. The van der Waals surface area contributed by atoms with Crippen molar-refractivity contribution in [2.24, 2.45) is 5.92 Å². The number of aromatic amines is 1. The number of hydrogen-bond acceptors (Lipinski definition) is 6. The highest BCUT2D eigenvalue weighted by Crippen LogP contribution is 2.25. The first-order valence-electron chi connectivity index (χ1n) is 9.15. The van der Waals surface area contributed by atoms with Crippen molar-refractivity contribution >= 4 is 22.8 Å². The predicted molar refractivity (Wildman–Crippen MR) is 101 cm³/mol. The molecule has 0 bridgehead atoms. The number of piperidine rings is 1. The van der Waals surface area contributed by atoms with Gasteiger partial charge in [-0.05, 0) is 37.8 Å². The Hall–Kier alpha value is -3.23. The Morgan fingerprint density at radius 2 is 2.11 bits per heavy atom. The number of hydrogen-bond donors (Lipinski definition) is 1. The summed E-state index contributed by atoms with van der Waals surface area (Å²) in [4.78, 5) is 30.5. The second-order valence-corrected chi connectivity index (χ2v) is 7.07. The van der Waals surface area contributed by atoms with Crippen LogP contribution in [-0.4, -0.2) is 47.2 Å². The van der Waals surface area contributed by atoms with E-state index in [1.807, 2.05) is 19.1 Å². The van der Waals surface area contributed by atoms with Crippen molar-refractivity contribution in [3.8, 4) is 0 Å². The molecule has 4 aromatic heterocycles. The molecule has 5 rings (SSSR count). The maximum atomic E-state index is 12.3. The first-order valence-corrected chi connectivity index (χ1v) is 9.15. The SMILES string of the molecule is Cc1cc(N2CCC(Cn3c(=O)[nH]c4cccnc43)CC2)n2ncnc2n1. The van der Waals surface area contributed by atoms with Gasteiger partial charge in [0, 0.05) is 37.6 Å². The van der Waals surface area contributed by atoms with E-state index in [0.717, 1.165) is 48.6 Å². The third-order valence-corrected chi connectivity index (χ3v) is 5.27. The molecule has 9 heteroatoms. The molecule has 0 atom stereocenters. The number of H-pyrrole nitrogens is 1. The summed E-state index contributed by atoms with van der Waals surface area (Å²) in [5.74, 6) is 2.09. The highest BCUT2D eigenvalue weighted by Gasteiger charge is 2.23. The fraction of sp³-hybridized carbons (Fsp3) is 0.389. The minimum absolute atomic E-state index is 0.0831. The van der Waals surface area contributed by atoms with Crippen LogP contribution in [0.2, 0.25) is 0 Å². The largest absolute Gasteiger partial charge is 0.356 e. The van der Waals surface area contributed by atoms with Gasteiger partial charge in [0.25, 0.3) is 5.78 Å². The molecular formula is C18H20N8O. The van der Waals surface area contributed by atoms with Gasteiger partial charge in [-0.15, -0.1) is 0 Å². The molecule has 0 aromatic carbocycles. The summed E-state index contributed by atoms with van der Waals surface area (Å²) >= 11 is 0. The van der Waals surface area contributed by atoms with Gasteiger partial charge in [-0.2, -0.15) is 14.6 Å². The summed E-state index contributed by atoms with van der Waals surface area (Å²) in [5, 5.41) is 4.30. The predicted octanol–water partition coefficient (Wildman–Crippen LogP) is 1.39. The second kappa shape index (κ2) is 6.19. The van der Waals surface area contributed by atoms with Crippen LogP contribution in [0.4, 0.5) is 5.82 Å². The van der Waals surface area contributed by atoms with E-state index in [-0.39, 0.29) is 5.69 Å². The molecule has 0 spiro atoms. The van der Waals surface area contributed by atoms with Gasteiger partial charge in [-0.1, -0.05) is 0 Å². The molecule has 0 unspecified atom stereocenters. The van der Waals surface area contributed by atoms with E-state index < -0.39 is 0 Å². The number of aromatic nitrogens is 7. The van der Waals surface area contributed by atoms with Crippen LogP contribution in [0.15, 0.2) is 35.5 Å². The standard InChI is InChI=1S/C18H20N8O/c1-12-9-15(26-17(22-12)20-11-21-26)24-7-4-13(5-8-24)10-25-16-14(23-18(25)27)3-2-6-19-16/h2-3,6,9,11,13H,4-5,7-8,10H2,1H3,(H,23,27). The van der Waals surface area contributed by atoms with E-state index in [9.17, 15) is 4.79 Å². The molecule has 1 fully saturated rings. The smallest absolute Gasteiger partial charge is 0.327 e. The van der Waals surface area contributed by atoms with Crippen LogP contribution in [0.25, 0.3) is 16.9 Å². The zero-order chi connectivity index (χ0) is 18.4. The molecule has 27 heavy (non-hydrogen) atoms. The Balaban J connectivity index is 1.35. The average Bonchev–Trinajstić information content (AvgIpc) is 3.26. The Labute approximate surface area is 154 Å². The zero-order valence-corrected chi connectivity index (χ0v) is 15.0. The van der Waals surface area contributed by atoms with E-state index in [0.29, 0.717) is 18.2 Å². The number of pyridine rings is 1. The van der Waals surface area contributed by atoms with Crippen molar-refractivity contribution in [2.45, 2.75) is 26.3 Å². The van der Waals surface area contributed by atoms with Crippen LogP contribution in [0, 0.1) is 12.8 Å². The van der Waals surface area contributed by atoms with Crippen molar-refractivity contribution in [1.82, 2.24) is 34.1 Å². The number of nitrogens with one attached hydrogen (secondary N) is 1. The summed E-state index contributed by atoms with van der Waals surface area (Å²) in [7, 11) is 0. The van der Waals surface area contributed by atoms with Crippen LogP contribution in [0.3, 0.4) is 0 Å².